The van der Waals surface area contributed by atoms with Gasteiger partial charge in [-0.15, -0.1) is 0 Å². The summed E-state index contributed by atoms with van der Waals surface area (Å²) in [6.07, 6.45) is 4.57. The number of rotatable bonds is 3. The molecule has 0 spiro atoms. The molecule has 108 valence electrons. The summed E-state index contributed by atoms with van der Waals surface area (Å²) in [5.41, 5.74) is 3.61. The first kappa shape index (κ1) is 12.8. The molecule has 4 nitrogen and oxygen atoms in total. The maximum Gasteiger partial charge on any atom is 0.159 e. The number of nitrogens with zero attached hydrogens (tertiary/aromatic N) is 3. The van der Waals surface area contributed by atoms with Crippen LogP contribution in [0.2, 0.25) is 0 Å². The van der Waals surface area contributed by atoms with Gasteiger partial charge in [0, 0.05) is 37.7 Å². The van der Waals surface area contributed by atoms with Gasteiger partial charge in [0.25, 0.3) is 0 Å². The summed E-state index contributed by atoms with van der Waals surface area (Å²) in [4.78, 5) is 12.0. The lowest BCUT2D eigenvalue weighted by Gasteiger charge is -2.30. The van der Waals surface area contributed by atoms with Gasteiger partial charge in [-0.25, -0.2) is 9.97 Å². The molecular weight excluding hydrogens is 260 g/mol. The lowest BCUT2D eigenvalue weighted by Crippen LogP contribution is -2.44. The molecule has 4 rings (SSSR count). The van der Waals surface area contributed by atoms with Crippen molar-refractivity contribution < 1.29 is 0 Å². The van der Waals surface area contributed by atoms with Gasteiger partial charge in [-0.1, -0.05) is 30.3 Å². The van der Waals surface area contributed by atoms with Crippen LogP contribution in [0.3, 0.4) is 0 Å². The van der Waals surface area contributed by atoms with Gasteiger partial charge in [0.05, 0.1) is 17.6 Å². The first-order valence-electron chi connectivity index (χ1n) is 7.80. The van der Waals surface area contributed by atoms with E-state index in [-0.39, 0.29) is 0 Å². The lowest BCUT2D eigenvalue weighted by molar-refractivity contribution is 0.586. The first-order valence-corrected chi connectivity index (χ1v) is 7.80. The second kappa shape index (κ2) is 5.45. The molecule has 1 N–H and O–H groups in total. The predicted octanol–water partition coefficient (Wildman–Crippen LogP) is 2.43. The Labute approximate surface area is 125 Å². The minimum absolute atomic E-state index is 0.639. The van der Waals surface area contributed by atoms with E-state index >= 15 is 0 Å². The molecule has 1 aliphatic heterocycles. The summed E-state index contributed by atoms with van der Waals surface area (Å²) in [6, 6.07) is 10.3. The number of piperazine rings is 1. The minimum Gasteiger partial charge on any atom is -0.366 e. The van der Waals surface area contributed by atoms with Crippen LogP contribution in [-0.2, 0) is 0 Å². The van der Waals surface area contributed by atoms with Crippen LogP contribution in [0.15, 0.2) is 36.5 Å². The van der Waals surface area contributed by atoms with Crippen LogP contribution in [0.5, 0.6) is 0 Å². The third-order valence-corrected chi connectivity index (χ3v) is 4.25. The number of benzene rings is 1. The van der Waals surface area contributed by atoms with Gasteiger partial charge >= 0.3 is 0 Å². The second-order valence-electron chi connectivity index (χ2n) is 5.84. The van der Waals surface area contributed by atoms with Crippen molar-refractivity contribution in [3.05, 3.63) is 42.2 Å². The first-order chi connectivity index (χ1) is 10.4. The maximum atomic E-state index is 4.91. The average molecular weight is 280 g/mol. The Morgan fingerprint density at radius 2 is 1.81 bits per heavy atom. The second-order valence-corrected chi connectivity index (χ2v) is 5.84. The largest absolute Gasteiger partial charge is 0.366 e. The zero-order valence-corrected chi connectivity index (χ0v) is 12.1. The van der Waals surface area contributed by atoms with E-state index in [1.807, 2.05) is 24.4 Å². The summed E-state index contributed by atoms with van der Waals surface area (Å²) in [5, 5.41) is 3.40. The Kier molecular flexibility index (Phi) is 3.31. The molecule has 4 heteroatoms. The fourth-order valence-electron chi connectivity index (χ4n) is 2.92. The molecule has 0 amide bonds. The van der Waals surface area contributed by atoms with Crippen molar-refractivity contribution in [2.45, 2.75) is 18.8 Å². The summed E-state index contributed by atoms with van der Waals surface area (Å²) in [7, 11) is 0. The van der Waals surface area contributed by atoms with Crippen molar-refractivity contribution in [2.24, 2.45) is 0 Å². The van der Waals surface area contributed by atoms with Crippen LogP contribution < -0.4 is 10.2 Å². The van der Waals surface area contributed by atoms with Gasteiger partial charge in [-0.05, 0) is 12.8 Å². The van der Waals surface area contributed by atoms with Crippen molar-refractivity contribution >= 4 is 5.69 Å². The summed E-state index contributed by atoms with van der Waals surface area (Å²) < 4.78 is 0. The highest BCUT2D eigenvalue weighted by molar-refractivity contribution is 5.60. The van der Waals surface area contributed by atoms with E-state index in [9.17, 15) is 0 Å². The summed E-state index contributed by atoms with van der Waals surface area (Å²) in [6.45, 7) is 4.19. The van der Waals surface area contributed by atoms with E-state index < -0.39 is 0 Å². The summed E-state index contributed by atoms with van der Waals surface area (Å²) >= 11 is 0. The average Bonchev–Trinajstić information content (AvgIpc) is 3.41. The normalized spacial score (nSPS) is 18.8. The standard InChI is InChI=1S/C17H20N4/c1-2-4-14(5-3-1)17-19-12-15(16(20-17)13-6-7-13)21-10-8-18-9-11-21/h1-5,12-13,18H,6-11H2. The number of nitrogens with one attached hydrogen (secondary N) is 1. The van der Waals surface area contributed by atoms with Crippen LogP contribution in [0.4, 0.5) is 5.69 Å². The Bertz CT molecular complexity index is 616. The van der Waals surface area contributed by atoms with Crippen LogP contribution in [0, 0.1) is 0 Å². The van der Waals surface area contributed by atoms with Gasteiger partial charge in [0.15, 0.2) is 5.82 Å². The van der Waals surface area contributed by atoms with Crippen molar-refractivity contribution in [3.63, 3.8) is 0 Å². The fourth-order valence-corrected chi connectivity index (χ4v) is 2.92. The van der Waals surface area contributed by atoms with Crippen LogP contribution in [0.1, 0.15) is 24.5 Å². The zero-order valence-electron chi connectivity index (χ0n) is 12.1. The van der Waals surface area contributed by atoms with Gasteiger partial charge in [-0.2, -0.15) is 0 Å². The third-order valence-electron chi connectivity index (χ3n) is 4.25. The van der Waals surface area contributed by atoms with Crippen molar-refractivity contribution in [2.75, 3.05) is 31.1 Å². The number of anilines is 1. The lowest BCUT2D eigenvalue weighted by atomic mass is 10.1. The molecule has 1 aromatic carbocycles. The Balaban J connectivity index is 1.71. The predicted molar refractivity (Wildman–Crippen MR) is 84.5 cm³/mol. The molecule has 1 aromatic heterocycles. The molecular formula is C17H20N4. The highest BCUT2D eigenvalue weighted by Gasteiger charge is 2.30. The molecule has 0 unspecified atom stereocenters. The van der Waals surface area contributed by atoms with Crippen LogP contribution >= 0.6 is 0 Å². The van der Waals surface area contributed by atoms with E-state index in [2.05, 4.69) is 27.3 Å². The number of aromatic nitrogens is 2. The molecule has 0 atom stereocenters. The molecule has 1 saturated heterocycles. The Morgan fingerprint density at radius 3 is 2.52 bits per heavy atom. The van der Waals surface area contributed by atoms with E-state index in [1.54, 1.807) is 0 Å². The third kappa shape index (κ3) is 2.63. The molecule has 2 aliphatic rings. The fraction of sp³-hybridized carbons (Fsp3) is 0.412. The SMILES string of the molecule is c1ccc(-c2ncc(N3CCNCC3)c(C3CC3)n2)cc1. The van der Waals surface area contributed by atoms with E-state index in [0.29, 0.717) is 5.92 Å². The van der Waals surface area contributed by atoms with Gasteiger partial charge in [-0.3, -0.25) is 0 Å². The molecule has 2 fully saturated rings. The quantitative estimate of drug-likeness (QED) is 0.937. The van der Waals surface area contributed by atoms with Crippen molar-refractivity contribution in [1.82, 2.24) is 15.3 Å². The van der Waals surface area contributed by atoms with Crippen molar-refractivity contribution in [1.29, 1.82) is 0 Å². The molecule has 0 radical (unpaired) electrons. The van der Waals surface area contributed by atoms with Crippen LogP contribution in [0.25, 0.3) is 11.4 Å². The minimum atomic E-state index is 0.639. The highest BCUT2D eigenvalue weighted by Crippen LogP contribution is 2.43. The van der Waals surface area contributed by atoms with Crippen LogP contribution in [-0.4, -0.2) is 36.1 Å². The van der Waals surface area contributed by atoms with E-state index in [0.717, 1.165) is 37.6 Å². The van der Waals surface area contributed by atoms with Gasteiger partial charge in [0.1, 0.15) is 0 Å². The molecule has 0 bridgehead atoms. The molecule has 21 heavy (non-hydrogen) atoms. The monoisotopic (exact) mass is 280 g/mol. The highest BCUT2D eigenvalue weighted by atomic mass is 15.2. The number of hydrogen-bond donors (Lipinski definition) is 1. The molecule has 2 heterocycles. The molecule has 1 saturated carbocycles. The zero-order chi connectivity index (χ0) is 14.1. The topological polar surface area (TPSA) is 41.1 Å². The Hall–Kier alpha value is -1.94. The van der Waals surface area contributed by atoms with Gasteiger partial charge in [0.2, 0.25) is 0 Å². The molecule has 2 aromatic rings. The smallest absolute Gasteiger partial charge is 0.159 e. The van der Waals surface area contributed by atoms with E-state index in [4.69, 9.17) is 4.98 Å². The van der Waals surface area contributed by atoms with Gasteiger partial charge < -0.3 is 10.2 Å². The molecule has 1 aliphatic carbocycles. The summed E-state index contributed by atoms with van der Waals surface area (Å²) in [5.74, 6) is 1.50. The number of hydrogen-bond acceptors (Lipinski definition) is 4. The maximum absolute atomic E-state index is 4.91. The van der Waals surface area contributed by atoms with Crippen molar-refractivity contribution in [3.8, 4) is 11.4 Å². The Morgan fingerprint density at radius 1 is 1.05 bits per heavy atom. The van der Waals surface area contributed by atoms with E-state index in [1.165, 1.54) is 24.2 Å².